The van der Waals surface area contributed by atoms with Gasteiger partial charge >= 0.3 is 6.03 Å². The smallest absolute Gasteiger partial charge is 0.318 e. The van der Waals surface area contributed by atoms with E-state index in [0.717, 1.165) is 45.3 Å². The van der Waals surface area contributed by atoms with E-state index in [1.54, 1.807) is 0 Å². The van der Waals surface area contributed by atoms with Crippen molar-refractivity contribution in [3.63, 3.8) is 0 Å². The summed E-state index contributed by atoms with van der Waals surface area (Å²) in [5.41, 5.74) is 1.32. The van der Waals surface area contributed by atoms with Gasteiger partial charge in [-0.15, -0.1) is 0 Å². The van der Waals surface area contributed by atoms with Crippen molar-refractivity contribution in [3.8, 4) is 0 Å². The lowest BCUT2D eigenvalue weighted by atomic mass is 10.0. The highest BCUT2D eigenvalue weighted by Gasteiger charge is 2.43. The predicted molar refractivity (Wildman–Crippen MR) is 97.1 cm³/mol. The molecular weight excluding hydrogens is 314 g/mol. The van der Waals surface area contributed by atoms with Crippen molar-refractivity contribution in [2.24, 2.45) is 5.92 Å². The van der Waals surface area contributed by atoms with E-state index >= 15 is 0 Å². The summed E-state index contributed by atoms with van der Waals surface area (Å²) in [5.74, 6) is 0.459. The summed E-state index contributed by atoms with van der Waals surface area (Å²) in [7, 11) is 0. The molecule has 5 nitrogen and oxygen atoms in total. The summed E-state index contributed by atoms with van der Waals surface area (Å²) >= 11 is 0. The third-order valence-electron chi connectivity index (χ3n) is 6.19. The Morgan fingerprint density at radius 2 is 1.84 bits per heavy atom. The van der Waals surface area contributed by atoms with E-state index in [4.69, 9.17) is 0 Å². The zero-order chi connectivity index (χ0) is 17.4. The normalized spacial score (nSPS) is 35.1. The molecule has 0 saturated carbocycles. The van der Waals surface area contributed by atoms with Crippen molar-refractivity contribution < 1.29 is 9.90 Å². The summed E-state index contributed by atoms with van der Waals surface area (Å²) in [6.45, 7) is 5.10. The average molecular weight is 343 g/mol. The fraction of sp³-hybridized carbons (Fsp3) is 0.650. The molecule has 0 radical (unpaired) electrons. The van der Waals surface area contributed by atoms with E-state index in [1.165, 1.54) is 5.56 Å². The molecule has 3 heterocycles. The standard InChI is InChI=1S/C20H29N3O2/c1-14-11-22(12-15-5-3-2-4-6-15)13-19(14)21-20(25)23-16-7-8-17(23)10-18(24)9-16/h2-6,14,16-19,24H,7-13H2,1H3,(H,21,25)/t14-,16+,17+,19+/m1/s1. The predicted octanol–water partition coefficient (Wildman–Crippen LogP) is 2.20. The number of aliphatic hydroxyl groups excluding tert-OH is 1. The van der Waals surface area contributed by atoms with Crippen LogP contribution in [0.1, 0.15) is 38.2 Å². The van der Waals surface area contributed by atoms with Gasteiger partial charge in [0.25, 0.3) is 0 Å². The molecule has 25 heavy (non-hydrogen) atoms. The van der Waals surface area contributed by atoms with Crippen LogP contribution < -0.4 is 5.32 Å². The number of benzene rings is 1. The highest BCUT2D eigenvalue weighted by molar-refractivity contribution is 5.76. The van der Waals surface area contributed by atoms with E-state index in [9.17, 15) is 9.90 Å². The van der Waals surface area contributed by atoms with Crippen LogP contribution in [0.4, 0.5) is 4.79 Å². The Bertz CT molecular complexity index is 594. The second-order valence-corrected chi connectivity index (χ2v) is 8.13. The van der Waals surface area contributed by atoms with E-state index in [-0.39, 0.29) is 30.3 Å². The van der Waals surface area contributed by atoms with Gasteiger partial charge in [-0.2, -0.15) is 0 Å². The Hall–Kier alpha value is -1.59. The largest absolute Gasteiger partial charge is 0.393 e. The Morgan fingerprint density at radius 3 is 2.52 bits per heavy atom. The number of rotatable bonds is 3. The molecule has 0 aromatic heterocycles. The van der Waals surface area contributed by atoms with Crippen LogP contribution in [0.25, 0.3) is 0 Å². The summed E-state index contributed by atoms with van der Waals surface area (Å²) in [6.07, 6.45) is 3.33. The first-order valence-corrected chi connectivity index (χ1v) is 9.63. The molecule has 1 aromatic carbocycles. The van der Waals surface area contributed by atoms with Crippen molar-refractivity contribution in [2.45, 2.75) is 63.4 Å². The van der Waals surface area contributed by atoms with Gasteiger partial charge < -0.3 is 15.3 Å². The Labute approximate surface area is 150 Å². The molecule has 2 amide bonds. The number of nitrogens with zero attached hydrogens (tertiary/aromatic N) is 2. The minimum absolute atomic E-state index is 0.0813. The van der Waals surface area contributed by atoms with Crippen LogP contribution in [0.15, 0.2) is 30.3 Å². The molecule has 4 rings (SSSR count). The maximum atomic E-state index is 12.8. The molecule has 3 aliphatic heterocycles. The van der Waals surface area contributed by atoms with Crippen LogP contribution in [0.2, 0.25) is 0 Å². The lowest BCUT2D eigenvalue weighted by Crippen LogP contribution is -2.55. The zero-order valence-electron chi connectivity index (χ0n) is 15.0. The van der Waals surface area contributed by atoms with Gasteiger partial charge in [0.2, 0.25) is 0 Å². The van der Waals surface area contributed by atoms with Crippen molar-refractivity contribution in [2.75, 3.05) is 13.1 Å². The third-order valence-corrected chi connectivity index (χ3v) is 6.19. The Morgan fingerprint density at radius 1 is 1.16 bits per heavy atom. The van der Waals surface area contributed by atoms with Gasteiger partial charge in [-0.1, -0.05) is 37.3 Å². The second kappa shape index (κ2) is 6.96. The van der Waals surface area contributed by atoms with Crippen LogP contribution >= 0.6 is 0 Å². The number of amides is 2. The number of hydrogen-bond acceptors (Lipinski definition) is 3. The number of piperidine rings is 1. The molecule has 1 aromatic rings. The van der Waals surface area contributed by atoms with Gasteiger partial charge in [0, 0.05) is 37.8 Å². The van der Waals surface area contributed by atoms with E-state index in [2.05, 4.69) is 41.4 Å². The summed E-state index contributed by atoms with van der Waals surface area (Å²) < 4.78 is 0. The topological polar surface area (TPSA) is 55.8 Å². The number of fused-ring (bicyclic) bond motifs is 2. The quantitative estimate of drug-likeness (QED) is 0.885. The first-order chi connectivity index (χ1) is 12.1. The molecule has 3 fully saturated rings. The monoisotopic (exact) mass is 343 g/mol. The molecule has 5 heteroatoms. The number of urea groups is 1. The Balaban J connectivity index is 1.34. The van der Waals surface area contributed by atoms with Crippen LogP contribution in [0, 0.1) is 5.92 Å². The molecule has 0 aliphatic carbocycles. The van der Waals surface area contributed by atoms with Gasteiger partial charge in [0.15, 0.2) is 0 Å². The second-order valence-electron chi connectivity index (χ2n) is 8.13. The van der Waals surface area contributed by atoms with Crippen molar-refractivity contribution in [1.29, 1.82) is 0 Å². The molecule has 4 atom stereocenters. The van der Waals surface area contributed by atoms with Gasteiger partial charge in [-0.05, 0) is 37.2 Å². The van der Waals surface area contributed by atoms with Crippen molar-refractivity contribution in [1.82, 2.24) is 15.1 Å². The SMILES string of the molecule is C[C@@H]1CN(Cc2ccccc2)C[C@@H]1NC(=O)N1[C@H]2CC[C@H]1CC(O)C2. The Kier molecular flexibility index (Phi) is 4.69. The number of carbonyl (C=O) groups excluding carboxylic acids is 1. The van der Waals surface area contributed by atoms with Crippen LogP contribution in [-0.2, 0) is 6.54 Å². The number of nitrogens with one attached hydrogen (secondary N) is 1. The number of carbonyl (C=O) groups is 1. The van der Waals surface area contributed by atoms with Gasteiger partial charge in [0.1, 0.15) is 0 Å². The lowest BCUT2D eigenvalue weighted by Gasteiger charge is -2.38. The minimum Gasteiger partial charge on any atom is -0.393 e. The average Bonchev–Trinajstić information content (AvgIpc) is 3.06. The first kappa shape index (κ1) is 16.9. The highest BCUT2D eigenvalue weighted by atomic mass is 16.3. The lowest BCUT2D eigenvalue weighted by molar-refractivity contribution is 0.0532. The first-order valence-electron chi connectivity index (χ1n) is 9.63. The molecule has 0 unspecified atom stereocenters. The van der Waals surface area contributed by atoms with Crippen LogP contribution in [-0.4, -0.2) is 58.3 Å². The van der Waals surface area contributed by atoms with Crippen molar-refractivity contribution in [3.05, 3.63) is 35.9 Å². The van der Waals surface area contributed by atoms with E-state index < -0.39 is 0 Å². The molecule has 3 aliphatic rings. The van der Waals surface area contributed by atoms with E-state index in [0.29, 0.717) is 5.92 Å². The number of aliphatic hydroxyl groups is 1. The zero-order valence-corrected chi connectivity index (χ0v) is 15.0. The summed E-state index contributed by atoms with van der Waals surface area (Å²) in [4.78, 5) is 17.3. The molecule has 0 spiro atoms. The maximum Gasteiger partial charge on any atom is 0.318 e. The van der Waals surface area contributed by atoms with Crippen molar-refractivity contribution >= 4 is 6.03 Å². The summed E-state index contributed by atoms with van der Waals surface area (Å²) in [6, 6.07) is 11.3. The van der Waals surface area contributed by atoms with E-state index in [1.807, 2.05) is 11.0 Å². The summed E-state index contributed by atoms with van der Waals surface area (Å²) in [5, 5.41) is 13.2. The maximum absolute atomic E-state index is 12.8. The number of likely N-dealkylation sites (tertiary alicyclic amines) is 1. The van der Waals surface area contributed by atoms with Gasteiger partial charge in [-0.25, -0.2) is 4.79 Å². The fourth-order valence-corrected chi connectivity index (χ4v) is 4.94. The fourth-order valence-electron chi connectivity index (χ4n) is 4.94. The molecule has 3 saturated heterocycles. The number of hydrogen-bond donors (Lipinski definition) is 2. The molecule has 2 N–H and O–H groups in total. The third kappa shape index (κ3) is 3.53. The van der Waals surface area contributed by atoms with Crippen LogP contribution in [0.5, 0.6) is 0 Å². The van der Waals surface area contributed by atoms with Gasteiger partial charge in [0.05, 0.1) is 6.10 Å². The molecular formula is C20H29N3O2. The molecule has 136 valence electrons. The molecule has 2 bridgehead atoms. The highest BCUT2D eigenvalue weighted by Crippen LogP contribution is 2.35. The van der Waals surface area contributed by atoms with Gasteiger partial charge in [-0.3, -0.25) is 4.90 Å². The minimum atomic E-state index is -0.228. The van der Waals surface area contributed by atoms with Crippen LogP contribution in [0.3, 0.4) is 0 Å².